The van der Waals surface area contributed by atoms with Crippen molar-refractivity contribution in [3.63, 3.8) is 0 Å². The van der Waals surface area contributed by atoms with Gasteiger partial charge in [0, 0.05) is 25.7 Å². The molecule has 94 valence electrons. The molecule has 0 bridgehead atoms. The first-order valence-electron chi connectivity index (χ1n) is 5.71. The Hall–Kier alpha value is -0.330. The second kappa shape index (κ2) is 4.89. The monoisotopic (exact) mass is 238 g/mol. The summed E-state index contributed by atoms with van der Waals surface area (Å²) in [5.41, 5.74) is 0. The van der Waals surface area contributed by atoms with Gasteiger partial charge >= 0.3 is 6.36 Å². The van der Waals surface area contributed by atoms with Gasteiger partial charge in [-0.25, -0.2) is 0 Å². The molecule has 16 heavy (non-hydrogen) atoms. The van der Waals surface area contributed by atoms with Gasteiger partial charge in [-0.05, 0) is 25.3 Å². The number of nitrogens with one attached hydrogen (secondary N) is 1. The predicted octanol–water partition coefficient (Wildman–Crippen LogP) is 1.21. The van der Waals surface area contributed by atoms with Crippen molar-refractivity contribution in [3.05, 3.63) is 0 Å². The maximum atomic E-state index is 11.8. The molecule has 0 aliphatic carbocycles. The van der Waals surface area contributed by atoms with Crippen molar-refractivity contribution in [2.45, 2.75) is 25.2 Å². The van der Waals surface area contributed by atoms with E-state index in [0.29, 0.717) is 18.5 Å². The van der Waals surface area contributed by atoms with Gasteiger partial charge in [-0.2, -0.15) is 0 Å². The molecule has 0 spiro atoms. The molecular weight excluding hydrogens is 221 g/mol. The second-order valence-corrected chi connectivity index (χ2v) is 4.52. The molecular formula is C10H17F3N2O. The Morgan fingerprint density at radius 3 is 2.81 bits per heavy atom. The largest absolute Gasteiger partial charge is 0.522 e. The third-order valence-corrected chi connectivity index (χ3v) is 3.35. The van der Waals surface area contributed by atoms with E-state index < -0.39 is 6.36 Å². The van der Waals surface area contributed by atoms with Crippen LogP contribution in [0, 0.1) is 5.92 Å². The van der Waals surface area contributed by atoms with Gasteiger partial charge in [0.2, 0.25) is 0 Å². The fourth-order valence-corrected chi connectivity index (χ4v) is 2.61. The summed E-state index contributed by atoms with van der Waals surface area (Å²) in [5.74, 6) is 0.611. The minimum absolute atomic E-state index is 0.261. The topological polar surface area (TPSA) is 24.5 Å². The van der Waals surface area contributed by atoms with Crippen LogP contribution in [0.4, 0.5) is 13.2 Å². The lowest BCUT2D eigenvalue weighted by molar-refractivity contribution is -0.324. The lowest BCUT2D eigenvalue weighted by Crippen LogP contribution is -2.40. The van der Waals surface area contributed by atoms with Crippen LogP contribution in [-0.2, 0) is 4.74 Å². The maximum Gasteiger partial charge on any atom is 0.522 e. The highest BCUT2D eigenvalue weighted by Gasteiger charge is 2.35. The average Bonchev–Trinajstić information content (AvgIpc) is 2.57. The van der Waals surface area contributed by atoms with E-state index in [0.717, 1.165) is 19.6 Å². The Morgan fingerprint density at radius 2 is 2.12 bits per heavy atom. The van der Waals surface area contributed by atoms with Gasteiger partial charge < -0.3 is 5.32 Å². The first kappa shape index (κ1) is 12.1. The average molecular weight is 238 g/mol. The van der Waals surface area contributed by atoms with Crippen molar-refractivity contribution in [3.8, 4) is 0 Å². The molecule has 2 fully saturated rings. The number of alkyl halides is 3. The molecule has 2 rings (SSSR count). The van der Waals surface area contributed by atoms with Crippen molar-refractivity contribution in [2.24, 2.45) is 5.92 Å². The number of piperidine rings is 1. The third-order valence-electron chi connectivity index (χ3n) is 3.35. The van der Waals surface area contributed by atoms with Crippen molar-refractivity contribution < 1.29 is 17.9 Å². The van der Waals surface area contributed by atoms with Crippen LogP contribution in [0.25, 0.3) is 0 Å². The van der Waals surface area contributed by atoms with Crippen molar-refractivity contribution in [1.82, 2.24) is 10.2 Å². The Kier molecular flexibility index (Phi) is 3.71. The Balaban J connectivity index is 1.68. The normalized spacial score (nSPS) is 31.7. The van der Waals surface area contributed by atoms with Crippen LogP contribution in [0.2, 0.25) is 0 Å². The minimum atomic E-state index is -4.50. The molecule has 0 radical (unpaired) electrons. The molecule has 3 nitrogen and oxygen atoms in total. The standard InChI is InChI=1S/C10H17F3N2O/c11-10(12,13)16-5-4-15-6-8-2-1-3-14-9(8)7-15/h8-9,14H,1-7H2/t8-,9+/m0/s1. The molecule has 2 aliphatic rings. The molecule has 2 heterocycles. The SMILES string of the molecule is FC(F)(F)OCCN1C[C@@H]2CCCN[C@@H]2C1. The number of ether oxygens (including phenoxy) is 1. The van der Waals surface area contributed by atoms with E-state index in [1.54, 1.807) is 0 Å². The van der Waals surface area contributed by atoms with Gasteiger partial charge in [-0.1, -0.05) is 0 Å². The Morgan fingerprint density at radius 1 is 1.31 bits per heavy atom. The Labute approximate surface area is 92.9 Å². The first-order valence-corrected chi connectivity index (χ1v) is 5.71. The fraction of sp³-hybridized carbons (Fsp3) is 1.00. The first-order chi connectivity index (χ1) is 7.54. The van der Waals surface area contributed by atoms with Crippen LogP contribution in [0.1, 0.15) is 12.8 Å². The number of rotatable bonds is 3. The maximum absolute atomic E-state index is 11.8. The smallest absolute Gasteiger partial charge is 0.312 e. The molecule has 0 unspecified atom stereocenters. The van der Waals surface area contributed by atoms with E-state index >= 15 is 0 Å². The molecule has 0 saturated carbocycles. The molecule has 2 saturated heterocycles. The molecule has 2 aliphatic heterocycles. The molecule has 1 N–H and O–H groups in total. The highest BCUT2D eigenvalue weighted by Crippen LogP contribution is 2.24. The van der Waals surface area contributed by atoms with E-state index in [4.69, 9.17) is 0 Å². The summed E-state index contributed by atoms with van der Waals surface area (Å²) >= 11 is 0. The van der Waals surface area contributed by atoms with Crippen LogP contribution in [0.3, 0.4) is 0 Å². The zero-order valence-corrected chi connectivity index (χ0v) is 9.09. The summed E-state index contributed by atoms with van der Waals surface area (Å²) in [4.78, 5) is 2.05. The van der Waals surface area contributed by atoms with Crippen LogP contribution in [0.5, 0.6) is 0 Å². The summed E-state index contributed by atoms with van der Waals surface area (Å²) < 4.78 is 39.1. The highest BCUT2D eigenvalue weighted by atomic mass is 19.4. The van der Waals surface area contributed by atoms with Crippen LogP contribution in [0.15, 0.2) is 0 Å². The van der Waals surface area contributed by atoms with Crippen molar-refractivity contribution >= 4 is 0 Å². The zero-order chi connectivity index (χ0) is 11.6. The van der Waals surface area contributed by atoms with E-state index in [9.17, 15) is 13.2 Å². The number of halogens is 3. The third kappa shape index (κ3) is 3.33. The highest BCUT2D eigenvalue weighted by molar-refractivity contribution is 4.91. The predicted molar refractivity (Wildman–Crippen MR) is 53.0 cm³/mol. The lowest BCUT2D eigenvalue weighted by atomic mass is 9.94. The number of hydrogen-bond acceptors (Lipinski definition) is 3. The number of hydrogen-bond donors (Lipinski definition) is 1. The van der Waals surface area contributed by atoms with E-state index in [2.05, 4.69) is 15.0 Å². The molecule has 0 aromatic heterocycles. The van der Waals surface area contributed by atoms with Gasteiger partial charge in [-0.3, -0.25) is 9.64 Å². The number of nitrogens with zero attached hydrogens (tertiary/aromatic N) is 1. The summed E-state index contributed by atoms with van der Waals surface area (Å²) in [6, 6.07) is 0.472. The summed E-state index contributed by atoms with van der Waals surface area (Å²) in [7, 11) is 0. The van der Waals surface area contributed by atoms with Gasteiger partial charge in [0.1, 0.15) is 0 Å². The van der Waals surface area contributed by atoms with Gasteiger partial charge in [0.15, 0.2) is 0 Å². The molecule has 0 amide bonds. The zero-order valence-electron chi connectivity index (χ0n) is 9.09. The van der Waals surface area contributed by atoms with Gasteiger partial charge in [0.25, 0.3) is 0 Å². The quantitative estimate of drug-likeness (QED) is 0.799. The van der Waals surface area contributed by atoms with Gasteiger partial charge in [-0.15, -0.1) is 13.2 Å². The molecule has 2 atom stereocenters. The molecule has 0 aromatic carbocycles. The summed E-state index contributed by atoms with van der Waals surface area (Å²) in [6.45, 7) is 2.90. The van der Waals surface area contributed by atoms with E-state index in [-0.39, 0.29) is 6.61 Å². The number of fused-ring (bicyclic) bond motifs is 1. The van der Waals surface area contributed by atoms with Crippen molar-refractivity contribution in [1.29, 1.82) is 0 Å². The van der Waals surface area contributed by atoms with Crippen LogP contribution >= 0.6 is 0 Å². The molecule has 0 aromatic rings. The van der Waals surface area contributed by atoms with E-state index in [1.165, 1.54) is 12.8 Å². The fourth-order valence-electron chi connectivity index (χ4n) is 2.61. The summed E-state index contributed by atoms with van der Waals surface area (Å²) in [6.07, 6.45) is -2.13. The van der Waals surface area contributed by atoms with Crippen LogP contribution in [-0.4, -0.2) is 50.1 Å². The van der Waals surface area contributed by atoms with Gasteiger partial charge in [0.05, 0.1) is 6.61 Å². The van der Waals surface area contributed by atoms with Crippen molar-refractivity contribution in [2.75, 3.05) is 32.8 Å². The molecule has 6 heteroatoms. The summed E-state index contributed by atoms with van der Waals surface area (Å²) in [5, 5.41) is 3.41. The Bertz CT molecular complexity index is 221. The minimum Gasteiger partial charge on any atom is -0.312 e. The number of likely N-dealkylation sites (tertiary alicyclic amines) is 1. The second-order valence-electron chi connectivity index (χ2n) is 4.52. The van der Waals surface area contributed by atoms with Crippen LogP contribution < -0.4 is 5.32 Å². The van der Waals surface area contributed by atoms with E-state index in [1.807, 2.05) is 0 Å². The lowest BCUT2D eigenvalue weighted by Gasteiger charge is -2.24.